The molecule has 1 N–H and O–H groups in total. The molecule has 1 fully saturated rings. The van der Waals surface area contributed by atoms with E-state index in [1.165, 1.54) is 19.3 Å². The summed E-state index contributed by atoms with van der Waals surface area (Å²) < 4.78 is 10.7. The first kappa shape index (κ1) is 13.5. The SMILES string of the molecule is CCC1CCCCN1C(=S)Nc1ccc2c(c1)OCO2. The largest absolute Gasteiger partial charge is 0.454 e. The molecular weight excluding hydrogens is 272 g/mol. The number of anilines is 1. The van der Waals surface area contributed by atoms with Crippen molar-refractivity contribution < 1.29 is 9.47 Å². The van der Waals surface area contributed by atoms with Crippen LogP contribution >= 0.6 is 12.2 Å². The lowest BCUT2D eigenvalue weighted by atomic mass is 10.0. The predicted octanol–water partition coefficient (Wildman–Crippen LogP) is 3.38. The minimum Gasteiger partial charge on any atom is -0.454 e. The van der Waals surface area contributed by atoms with Gasteiger partial charge in [0.15, 0.2) is 16.6 Å². The summed E-state index contributed by atoms with van der Waals surface area (Å²) in [6.45, 7) is 3.58. The first-order valence-corrected chi connectivity index (χ1v) is 7.66. The molecule has 0 saturated carbocycles. The normalized spacial score (nSPS) is 20.9. The van der Waals surface area contributed by atoms with Crippen LogP contribution in [0.25, 0.3) is 0 Å². The number of nitrogens with one attached hydrogen (secondary N) is 1. The van der Waals surface area contributed by atoms with Crippen molar-refractivity contribution in [2.45, 2.75) is 38.6 Å². The number of ether oxygens (including phenoxy) is 2. The van der Waals surface area contributed by atoms with Gasteiger partial charge in [-0.3, -0.25) is 0 Å². The second-order valence-corrected chi connectivity index (χ2v) is 5.64. The number of hydrogen-bond acceptors (Lipinski definition) is 3. The first-order valence-electron chi connectivity index (χ1n) is 7.25. The van der Waals surface area contributed by atoms with Crippen molar-refractivity contribution in [1.82, 2.24) is 4.90 Å². The van der Waals surface area contributed by atoms with Crippen LogP contribution in [-0.4, -0.2) is 29.4 Å². The number of nitrogens with zero attached hydrogens (tertiary/aromatic N) is 1. The van der Waals surface area contributed by atoms with Crippen molar-refractivity contribution in [3.63, 3.8) is 0 Å². The molecule has 0 radical (unpaired) electrons. The van der Waals surface area contributed by atoms with Crippen molar-refractivity contribution >= 4 is 23.0 Å². The molecule has 0 aromatic heterocycles. The molecule has 1 atom stereocenters. The monoisotopic (exact) mass is 292 g/mol. The first-order chi connectivity index (χ1) is 9.78. The van der Waals surface area contributed by atoms with E-state index in [4.69, 9.17) is 21.7 Å². The summed E-state index contributed by atoms with van der Waals surface area (Å²) in [7, 11) is 0. The lowest BCUT2D eigenvalue weighted by Crippen LogP contribution is -2.45. The van der Waals surface area contributed by atoms with Crippen molar-refractivity contribution in [2.24, 2.45) is 0 Å². The number of thiocarbonyl (C=S) groups is 1. The Kier molecular flexibility index (Phi) is 3.96. The van der Waals surface area contributed by atoms with Gasteiger partial charge in [0.1, 0.15) is 0 Å². The van der Waals surface area contributed by atoms with E-state index in [1.54, 1.807) is 0 Å². The molecule has 2 heterocycles. The summed E-state index contributed by atoms with van der Waals surface area (Å²) in [5.41, 5.74) is 0.958. The molecule has 0 aliphatic carbocycles. The Balaban J connectivity index is 1.69. The molecule has 0 amide bonds. The zero-order chi connectivity index (χ0) is 13.9. The third kappa shape index (κ3) is 2.68. The summed E-state index contributed by atoms with van der Waals surface area (Å²) in [5, 5.41) is 4.14. The number of rotatable bonds is 2. The van der Waals surface area contributed by atoms with E-state index in [2.05, 4.69) is 17.1 Å². The van der Waals surface area contributed by atoms with E-state index >= 15 is 0 Å². The summed E-state index contributed by atoms with van der Waals surface area (Å²) in [4.78, 5) is 2.32. The Morgan fingerprint density at radius 2 is 2.20 bits per heavy atom. The van der Waals surface area contributed by atoms with Crippen LogP contribution in [-0.2, 0) is 0 Å². The van der Waals surface area contributed by atoms with Crippen LogP contribution in [0.1, 0.15) is 32.6 Å². The summed E-state index contributed by atoms with van der Waals surface area (Å²) in [5.74, 6) is 1.58. The van der Waals surface area contributed by atoms with Gasteiger partial charge in [-0.15, -0.1) is 0 Å². The van der Waals surface area contributed by atoms with Crippen LogP contribution in [0.3, 0.4) is 0 Å². The Bertz CT molecular complexity index is 507. The molecule has 1 unspecified atom stereocenters. The number of likely N-dealkylation sites (tertiary alicyclic amines) is 1. The molecule has 5 heteroatoms. The maximum Gasteiger partial charge on any atom is 0.231 e. The summed E-state index contributed by atoms with van der Waals surface area (Å²) >= 11 is 5.57. The van der Waals surface area contributed by atoms with Crippen LogP contribution in [0.15, 0.2) is 18.2 Å². The Morgan fingerprint density at radius 3 is 3.05 bits per heavy atom. The number of fused-ring (bicyclic) bond motifs is 1. The van der Waals surface area contributed by atoms with E-state index in [9.17, 15) is 0 Å². The van der Waals surface area contributed by atoms with Crippen LogP contribution in [0.4, 0.5) is 5.69 Å². The molecule has 2 aliphatic rings. The fourth-order valence-corrected chi connectivity index (χ4v) is 3.22. The quantitative estimate of drug-likeness (QED) is 0.845. The van der Waals surface area contributed by atoms with Gasteiger partial charge >= 0.3 is 0 Å². The molecule has 4 nitrogen and oxygen atoms in total. The van der Waals surface area contributed by atoms with Crippen LogP contribution in [0.5, 0.6) is 11.5 Å². The smallest absolute Gasteiger partial charge is 0.231 e. The second kappa shape index (κ2) is 5.87. The molecule has 0 spiro atoms. The van der Waals surface area contributed by atoms with Crippen molar-refractivity contribution in [2.75, 3.05) is 18.7 Å². The molecule has 1 aromatic rings. The number of benzene rings is 1. The highest BCUT2D eigenvalue weighted by Crippen LogP contribution is 2.34. The Morgan fingerprint density at radius 1 is 1.35 bits per heavy atom. The molecule has 20 heavy (non-hydrogen) atoms. The molecule has 2 aliphatic heterocycles. The average molecular weight is 292 g/mol. The third-order valence-corrected chi connectivity index (χ3v) is 4.32. The maximum atomic E-state index is 5.57. The van der Waals surface area contributed by atoms with Gasteiger partial charge in [-0.25, -0.2) is 0 Å². The second-order valence-electron chi connectivity index (χ2n) is 5.25. The van der Waals surface area contributed by atoms with E-state index in [0.717, 1.165) is 35.3 Å². The Labute approximate surface area is 125 Å². The molecule has 0 bridgehead atoms. The fraction of sp³-hybridized carbons (Fsp3) is 0.533. The summed E-state index contributed by atoms with van der Waals surface area (Å²) in [6.07, 6.45) is 4.91. The number of hydrogen-bond donors (Lipinski definition) is 1. The molecule has 108 valence electrons. The highest BCUT2D eigenvalue weighted by molar-refractivity contribution is 7.80. The van der Waals surface area contributed by atoms with E-state index < -0.39 is 0 Å². The molecule has 1 aromatic carbocycles. The molecular formula is C15H20N2O2S. The maximum absolute atomic E-state index is 5.57. The van der Waals surface area contributed by atoms with Crippen molar-refractivity contribution in [1.29, 1.82) is 0 Å². The minimum absolute atomic E-state index is 0.299. The van der Waals surface area contributed by atoms with Crippen LogP contribution in [0.2, 0.25) is 0 Å². The highest BCUT2D eigenvalue weighted by atomic mass is 32.1. The van der Waals surface area contributed by atoms with Gasteiger partial charge < -0.3 is 19.7 Å². The highest BCUT2D eigenvalue weighted by Gasteiger charge is 2.23. The van der Waals surface area contributed by atoms with E-state index in [1.807, 2.05) is 18.2 Å². The third-order valence-electron chi connectivity index (χ3n) is 3.98. The zero-order valence-corrected chi connectivity index (χ0v) is 12.5. The van der Waals surface area contributed by atoms with Crippen molar-refractivity contribution in [3.05, 3.63) is 18.2 Å². The average Bonchev–Trinajstić information content (AvgIpc) is 2.94. The van der Waals surface area contributed by atoms with Gasteiger partial charge in [-0.05, 0) is 50.0 Å². The van der Waals surface area contributed by atoms with Gasteiger partial charge in [-0.1, -0.05) is 6.92 Å². The molecule has 3 rings (SSSR count). The topological polar surface area (TPSA) is 33.7 Å². The predicted molar refractivity (Wildman–Crippen MR) is 83.4 cm³/mol. The van der Waals surface area contributed by atoms with Crippen LogP contribution in [0, 0.1) is 0 Å². The minimum atomic E-state index is 0.299. The van der Waals surface area contributed by atoms with Gasteiger partial charge in [0.25, 0.3) is 0 Å². The zero-order valence-electron chi connectivity index (χ0n) is 11.7. The standard InChI is InChI=1S/C15H20N2O2S/c1-2-12-5-3-4-8-17(12)15(20)16-11-6-7-13-14(9-11)19-10-18-13/h6-7,9,12H,2-5,8,10H2,1H3,(H,16,20). The summed E-state index contributed by atoms with van der Waals surface area (Å²) in [6, 6.07) is 6.41. The number of piperidine rings is 1. The van der Waals surface area contributed by atoms with Crippen molar-refractivity contribution in [3.8, 4) is 11.5 Å². The fourth-order valence-electron chi connectivity index (χ4n) is 2.86. The molecule has 1 saturated heterocycles. The lowest BCUT2D eigenvalue weighted by Gasteiger charge is -2.37. The van der Waals surface area contributed by atoms with Gasteiger partial charge in [0, 0.05) is 24.3 Å². The van der Waals surface area contributed by atoms with Gasteiger partial charge in [0.05, 0.1) is 0 Å². The van der Waals surface area contributed by atoms with Gasteiger partial charge in [0.2, 0.25) is 6.79 Å². The Hall–Kier alpha value is -1.49. The van der Waals surface area contributed by atoms with E-state index in [-0.39, 0.29) is 0 Å². The lowest BCUT2D eigenvalue weighted by molar-refractivity contribution is 0.174. The van der Waals surface area contributed by atoms with Crippen LogP contribution < -0.4 is 14.8 Å². The van der Waals surface area contributed by atoms with E-state index in [0.29, 0.717) is 12.8 Å². The van der Waals surface area contributed by atoms with Gasteiger partial charge in [-0.2, -0.15) is 0 Å².